The van der Waals surface area contributed by atoms with Gasteiger partial charge in [0.1, 0.15) is 5.60 Å². The Balaban J connectivity index is 1.55. The van der Waals surface area contributed by atoms with Crippen LogP contribution in [0.15, 0.2) is 11.6 Å². The number of ketones is 2. The fourth-order valence-electron chi connectivity index (χ4n) is 7.70. The van der Waals surface area contributed by atoms with E-state index in [2.05, 4.69) is 22.9 Å². The monoisotopic (exact) mass is 510 g/mol. The summed E-state index contributed by atoms with van der Waals surface area (Å²) < 4.78 is 5.17. The maximum atomic E-state index is 13.1. The van der Waals surface area contributed by atoms with Crippen molar-refractivity contribution in [2.24, 2.45) is 28.6 Å². The molecule has 7 atom stereocenters. The molecule has 178 valence electrons. The van der Waals surface area contributed by atoms with Gasteiger partial charge in [0.05, 0.1) is 6.10 Å². The summed E-state index contributed by atoms with van der Waals surface area (Å²) in [7, 11) is 0. The van der Waals surface area contributed by atoms with Gasteiger partial charge in [0.25, 0.3) is 0 Å². The lowest BCUT2D eigenvalue weighted by Gasteiger charge is -2.60. The zero-order valence-electron chi connectivity index (χ0n) is 19.1. The molecule has 0 bridgehead atoms. The highest BCUT2D eigenvalue weighted by molar-refractivity contribution is 9.09. The molecule has 0 aromatic rings. The number of aliphatic hydroxyl groups excluding tert-OH is 1. The number of carbonyl (C=O) groups excluding carboxylic acids is 3. The number of rotatable bonds is 6. The Hall–Kier alpha value is -1.05. The first-order valence-electron chi connectivity index (χ1n) is 12.0. The first-order valence-corrected chi connectivity index (χ1v) is 13.1. The molecule has 4 aliphatic carbocycles. The third-order valence-electron chi connectivity index (χ3n) is 9.39. The van der Waals surface area contributed by atoms with Crippen LogP contribution < -0.4 is 0 Å². The number of fused-ring (bicyclic) bond motifs is 5. The van der Waals surface area contributed by atoms with Crippen LogP contribution in [0.5, 0.6) is 0 Å². The Morgan fingerprint density at radius 2 is 1.97 bits per heavy atom. The number of carbonyl (C=O) groups is 3. The summed E-state index contributed by atoms with van der Waals surface area (Å²) in [6.07, 6.45) is 6.38. The molecule has 32 heavy (non-hydrogen) atoms. The van der Waals surface area contributed by atoms with Gasteiger partial charge in [0.2, 0.25) is 5.78 Å². The minimum atomic E-state index is -1.60. The van der Waals surface area contributed by atoms with Gasteiger partial charge in [-0.05, 0) is 74.2 Å². The number of ether oxygens (including phenoxy) is 1. The summed E-state index contributed by atoms with van der Waals surface area (Å²) in [6, 6.07) is 0. The second-order valence-corrected chi connectivity index (χ2v) is 11.6. The zero-order chi connectivity index (χ0) is 23.3. The lowest BCUT2D eigenvalue weighted by Crippen LogP contribution is -2.62. The zero-order valence-corrected chi connectivity index (χ0v) is 20.7. The van der Waals surface area contributed by atoms with Crippen molar-refractivity contribution in [3.8, 4) is 0 Å². The number of hydrogen-bond acceptors (Lipinski definition) is 6. The van der Waals surface area contributed by atoms with Gasteiger partial charge in [-0.25, -0.2) is 0 Å². The molecule has 0 heterocycles. The summed E-state index contributed by atoms with van der Waals surface area (Å²) in [4.78, 5) is 37.0. The molecule has 3 saturated carbocycles. The van der Waals surface area contributed by atoms with E-state index in [1.165, 1.54) is 0 Å². The number of halogens is 1. The topological polar surface area (TPSA) is 101 Å². The second kappa shape index (κ2) is 8.62. The average Bonchev–Trinajstić information content (AvgIpc) is 3.02. The molecule has 0 spiro atoms. The van der Waals surface area contributed by atoms with E-state index >= 15 is 0 Å². The quantitative estimate of drug-likeness (QED) is 0.418. The van der Waals surface area contributed by atoms with Gasteiger partial charge in [0, 0.05) is 23.6 Å². The number of alkyl halides is 1. The SMILES string of the molecule is CC12CCC(=O)C=C1CCC1C2C(O)CC2(C)C1CCC2(O)C(=O)COC(=O)CCCBr. The molecule has 4 rings (SSSR count). The number of esters is 1. The lowest BCUT2D eigenvalue weighted by molar-refractivity contribution is -0.184. The molecule has 0 saturated heterocycles. The predicted octanol–water partition coefficient (Wildman–Crippen LogP) is 3.51. The van der Waals surface area contributed by atoms with E-state index in [4.69, 9.17) is 4.74 Å². The van der Waals surface area contributed by atoms with Crippen molar-refractivity contribution in [3.63, 3.8) is 0 Å². The summed E-state index contributed by atoms with van der Waals surface area (Å²) in [6.45, 7) is 3.70. The van der Waals surface area contributed by atoms with Gasteiger partial charge in [-0.1, -0.05) is 35.4 Å². The first-order chi connectivity index (χ1) is 15.1. The van der Waals surface area contributed by atoms with Crippen molar-refractivity contribution in [2.45, 2.75) is 83.3 Å². The van der Waals surface area contributed by atoms with E-state index in [9.17, 15) is 24.6 Å². The second-order valence-electron chi connectivity index (χ2n) is 10.9. The van der Waals surface area contributed by atoms with Crippen molar-refractivity contribution in [1.29, 1.82) is 0 Å². The normalized spacial score (nSPS) is 43.0. The van der Waals surface area contributed by atoms with Crippen LogP contribution in [0, 0.1) is 28.6 Å². The molecule has 0 aliphatic heterocycles. The molecule has 3 fully saturated rings. The van der Waals surface area contributed by atoms with Crippen LogP contribution in [0.2, 0.25) is 0 Å². The van der Waals surface area contributed by atoms with E-state index in [0.29, 0.717) is 31.0 Å². The van der Waals surface area contributed by atoms with Gasteiger partial charge >= 0.3 is 5.97 Å². The van der Waals surface area contributed by atoms with Crippen LogP contribution in [-0.4, -0.2) is 51.4 Å². The maximum Gasteiger partial charge on any atom is 0.306 e. The summed E-state index contributed by atoms with van der Waals surface area (Å²) in [5, 5.41) is 23.7. The van der Waals surface area contributed by atoms with Gasteiger partial charge in [-0.2, -0.15) is 0 Å². The average molecular weight is 511 g/mol. The highest BCUT2D eigenvalue weighted by Gasteiger charge is 2.68. The van der Waals surface area contributed by atoms with Crippen molar-refractivity contribution in [2.75, 3.05) is 11.9 Å². The standard InChI is InChI=1S/C25H35BrO6/c1-23-9-7-16(27)12-15(23)5-6-17-18-8-10-25(31,24(18,2)13-19(28)22(17)23)20(29)14-32-21(30)4-3-11-26/h12,17-19,22,28,31H,3-11,13-14H2,1-2H3. The molecule has 4 aliphatic rings. The molecular formula is C25H35BrO6. The van der Waals surface area contributed by atoms with Crippen LogP contribution >= 0.6 is 15.9 Å². The maximum absolute atomic E-state index is 13.1. The molecule has 0 amide bonds. The highest BCUT2D eigenvalue weighted by Crippen LogP contribution is 2.67. The Morgan fingerprint density at radius 3 is 2.69 bits per heavy atom. The van der Waals surface area contributed by atoms with E-state index in [-0.39, 0.29) is 35.4 Å². The minimum absolute atomic E-state index is 0.0354. The third-order valence-corrected chi connectivity index (χ3v) is 9.95. The fourth-order valence-corrected chi connectivity index (χ4v) is 7.98. The van der Waals surface area contributed by atoms with E-state index in [1.54, 1.807) is 6.08 Å². The molecule has 2 N–H and O–H groups in total. The first kappa shape index (κ1) is 24.1. The minimum Gasteiger partial charge on any atom is -0.458 e. The third kappa shape index (κ3) is 3.63. The van der Waals surface area contributed by atoms with Gasteiger partial charge in [-0.3, -0.25) is 14.4 Å². The highest BCUT2D eigenvalue weighted by atomic mass is 79.9. The van der Waals surface area contributed by atoms with Crippen molar-refractivity contribution in [1.82, 2.24) is 0 Å². The summed E-state index contributed by atoms with van der Waals surface area (Å²) in [5.74, 6) is -0.361. The van der Waals surface area contributed by atoms with Crippen molar-refractivity contribution < 1.29 is 29.3 Å². The number of hydrogen-bond donors (Lipinski definition) is 2. The van der Waals surface area contributed by atoms with Gasteiger partial charge < -0.3 is 14.9 Å². The molecule has 6 nitrogen and oxygen atoms in total. The smallest absolute Gasteiger partial charge is 0.306 e. The van der Waals surface area contributed by atoms with Crippen LogP contribution in [0.4, 0.5) is 0 Å². The molecule has 0 aromatic heterocycles. The summed E-state index contributed by atoms with van der Waals surface area (Å²) in [5.41, 5.74) is -1.39. The predicted molar refractivity (Wildman–Crippen MR) is 122 cm³/mol. The van der Waals surface area contributed by atoms with Crippen LogP contribution in [0.1, 0.15) is 71.6 Å². The Labute approximate surface area is 198 Å². The van der Waals surface area contributed by atoms with Crippen LogP contribution in [0.25, 0.3) is 0 Å². The fraction of sp³-hybridized carbons (Fsp3) is 0.800. The van der Waals surface area contributed by atoms with E-state index in [1.807, 2.05) is 6.92 Å². The van der Waals surface area contributed by atoms with Crippen LogP contribution in [-0.2, 0) is 19.1 Å². The largest absolute Gasteiger partial charge is 0.458 e. The Morgan fingerprint density at radius 1 is 1.22 bits per heavy atom. The molecule has 0 aromatic carbocycles. The van der Waals surface area contributed by atoms with E-state index < -0.39 is 35.5 Å². The van der Waals surface area contributed by atoms with Gasteiger partial charge in [-0.15, -0.1) is 0 Å². The molecule has 7 heteroatoms. The molecule has 7 unspecified atom stereocenters. The number of aliphatic hydroxyl groups is 2. The summed E-state index contributed by atoms with van der Waals surface area (Å²) >= 11 is 3.27. The Kier molecular flexibility index (Phi) is 6.49. The van der Waals surface area contributed by atoms with Crippen molar-refractivity contribution >= 4 is 33.5 Å². The van der Waals surface area contributed by atoms with Gasteiger partial charge in [0.15, 0.2) is 12.4 Å². The number of Topliss-reactive ketones (excluding diaryl/α,β-unsaturated/α-hetero) is 1. The molecular weight excluding hydrogens is 476 g/mol. The molecule has 0 radical (unpaired) electrons. The Bertz CT molecular complexity index is 838. The van der Waals surface area contributed by atoms with E-state index in [0.717, 1.165) is 31.3 Å². The number of allylic oxidation sites excluding steroid dienone is 1. The lowest BCUT2D eigenvalue weighted by atomic mass is 9.45. The van der Waals surface area contributed by atoms with Crippen molar-refractivity contribution in [3.05, 3.63) is 11.6 Å². The van der Waals surface area contributed by atoms with Crippen LogP contribution in [0.3, 0.4) is 0 Å².